The molecule has 1 fully saturated rings. The van der Waals surface area contributed by atoms with Crippen LogP contribution in [0.5, 0.6) is 0 Å². The minimum absolute atomic E-state index is 0.00534. The fourth-order valence-electron chi connectivity index (χ4n) is 2.31. The van der Waals surface area contributed by atoms with Crippen molar-refractivity contribution in [2.24, 2.45) is 5.92 Å². The lowest BCUT2D eigenvalue weighted by Crippen LogP contribution is -2.41. The number of nitrogens with zero attached hydrogens (tertiary/aromatic N) is 1. The topological polar surface area (TPSA) is 99.1 Å². The molecule has 3 N–H and O–H groups in total. The van der Waals surface area contributed by atoms with E-state index in [2.05, 4.69) is 5.32 Å². The molecule has 2 unspecified atom stereocenters. The van der Waals surface area contributed by atoms with Gasteiger partial charge in [-0.05, 0) is 39.5 Å². The molecule has 0 aromatic carbocycles. The first-order valence-corrected chi connectivity index (χ1v) is 6.81. The molecule has 2 amide bonds. The molecule has 2 atom stereocenters. The Kier molecular flexibility index (Phi) is 5.62. The van der Waals surface area contributed by atoms with E-state index in [0.717, 1.165) is 0 Å². The largest absolute Gasteiger partial charge is 0.465 e. The second-order valence-corrected chi connectivity index (χ2v) is 6.07. The van der Waals surface area contributed by atoms with Crippen molar-refractivity contribution < 1.29 is 24.5 Å². The second kappa shape index (κ2) is 6.78. The molecule has 20 heavy (non-hydrogen) atoms. The van der Waals surface area contributed by atoms with Crippen molar-refractivity contribution >= 4 is 12.2 Å². The average Bonchev–Trinajstić information content (AvgIpc) is 2.66. The fourth-order valence-corrected chi connectivity index (χ4v) is 2.31. The molecule has 0 spiro atoms. The van der Waals surface area contributed by atoms with Crippen molar-refractivity contribution in [3.63, 3.8) is 0 Å². The van der Waals surface area contributed by atoms with E-state index in [1.54, 1.807) is 20.8 Å². The number of carbonyl (C=O) groups is 2. The van der Waals surface area contributed by atoms with Crippen molar-refractivity contribution in [1.29, 1.82) is 0 Å². The van der Waals surface area contributed by atoms with Crippen LogP contribution in [-0.2, 0) is 4.74 Å². The second-order valence-electron chi connectivity index (χ2n) is 6.07. The van der Waals surface area contributed by atoms with Gasteiger partial charge in [0.1, 0.15) is 5.60 Å². The maximum absolute atomic E-state index is 12.0. The van der Waals surface area contributed by atoms with Crippen LogP contribution in [0.2, 0.25) is 0 Å². The van der Waals surface area contributed by atoms with E-state index in [1.807, 2.05) is 0 Å². The minimum atomic E-state index is -1.10. The van der Waals surface area contributed by atoms with Gasteiger partial charge >= 0.3 is 12.2 Å². The predicted octanol–water partition coefficient (Wildman–Crippen LogP) is 1.26. The molecule has 0 bridgehead atoms. The number of likely N-dealkylation sites (tertiary alicyclic amines) is 1. The third kappa shape index (κ3) is 5.24. The van der Waals surface area contributed by atoms with E-state index in [9.17, 15) is 9.59 Å². The molecule has 7 nitrogen and oxygen atoms in total. The van der Waals surface area contributed by atoms with Gasteiger partial charge in [0.2, 0.25) is 0 Å². The summed E-state index contributed by atoms with van der Waals surface area (Å²) in [5.41, 5.74) is -0.573. The summed E-state index contributed by atoms with van der Waals surface area (Å²) in [6.07, 6.45) is -0.276. The summed E-state index contributed by atoms with van der Waals surface area (Å²) in [6.45, 7) is 6.17. The summed E-state index contributed by atoms with van der Waals surface area (Å²) in [5, 5.41) is 20.1. The number of carbonyl (C=O) groups excluding carboxylic acids is 1. The molecule has 0 radical (unpaired) electrons. The smallest absolute Gasteiger partial charge is 0.410 e. The highest BCUT2D eigenvalue weighted by Gasteiger charge is 2.37. The quantitative estimate of drug-likeness (QED) is 0.723. The van der Waals surface area contributed by atoms with Crippen LogP contribution in [0.25, 0.3) is 0 Å². The molecule has 1 heterocycles. The fraction of sp³-hybridized carbons (Fsp3) is 0.846. The van der Waals surface area contributed by atoms with Crippen LogP contribution < -0.4 is 5.32 Å². The van der Waals surface area contributed by atoms with E-state index in [1.165, 1.54) is 4.90 Å². The molecule has 1 rings (SSSR count). The number of rotatable bonds is 4. The predicted molar refractivity (Wildman–Crippen MR) is 72.6 cm³/mol. The van der Waals surface area contributed by atoms with Gasteiger partial charge in [-0.2, -0.15) is 0 Å². The molecule has 1 aliphatic heterocycles. The zero-order valence-corrected chi connectivity index (χ0v) is 12.3. The average molecular weight is 288 g/mol. The summed E-state index contributed by atoms with van der Waals surface area (Å²) in [5.74, 6) is 0.00534. The van der Waals surface area contributed by atoms with Crippen LogP contribution in [0.3, 0.4) is 0 Å². The Labute approximate surface area is 118 Å². The first kappa shape index (κ1) is 16.6. The highest BCUT2D eigenvalue weighted by molar-refractivity contribution is 5.69. The van der Waals surface area contributed by atoms with Gasteiger partial charge in [-0.3, -0.25) is 0 Å². The third-order valence-electron chi connectivity index (χ3n) is 3.13. The Morgan fingerprint density at radius 1 is 1.35 bits per heavy atom. The molecule has 0 aromatic rings. The van der Waals surface area contributed by atoms with E-state index >= 15 is 0 Å². The molecule has 7 heteroatoms. The SMILES string of the molecule is CC(C)(C)OC(=O)N1CC(CCCO)C(NC(=O)O)C1. The molecule has 1 aliphatic rings. The van der Waals surface area contributed by atoms with Gasteiger partial charge in [0.05, 0.1) is 6.04 Å². The molecule has 1 saturated heterocycles. The Balaban J connectivity index is 2.63. The van der Waals surface area contributed by atoms with Gasteiger partial charge in [-0.25, -0.2) is 9.59 Å². The van der Waals surface area contributed by atoms with Crippen molar-refractivity contribution in [3.05, 3.63) is 0 Å². The third-order valence-corrected chi connectivity index (χ3v) is 3.13. The number of hydrogen-bond donors (Lipinski definition) is 3. The van der Waals surface area contributed by atoms with E-state index < -0.39 is 17.8 Å². The zero-order chi connectivity index (χ0) is 15.3. The zero-order valence-electron chi connectivity index (χ0n) is 12.3. The maximum atomic E-state index is 12.0. The first-order valence-electron chi connectivity index (χ1n) is 6.81. The number of nitrogens with one attached hydrogen (secondary N) is 1. The first-order chi connectivity index (χ1) is 9.23. The van der Waals surface area contributed by atoms with E-state index in [0.29, 0.717) is 25.9 Å². The molecule has 116 valence electrons. The van der Waals surface area contributed by atoms with E-state index in [4.69, 9.17) is 14.9 Å². The van der Waals surface area contributed by atoms with Crippen LogP contribution in [0.15, 0.2) is 0 Å². The number of ether oxygens (including phenoxy) is 1. The lowest BCUT2D eigenvalue weighted by molar-refractivity contribution is 0.0284. The highest BCUT2D eigenvalue weighted by Crippen LogP contribution is 2.23. The van der Waals surface area contributed by atoms with Gasteiger partial charge in [-0.15, -0.1) is 0 Å². The van der Waals surface area contributed by atoms with Crippen LogP contribution in [0.4, 0.5) is 9.59 Å². The molecule has 0 aromatic heterocycles. The molecular formula is C13H24N2O5. The van der Waals surface area contributed by atoms with Crippen LogP contribution in [-0.4, -0.2) is 58.6 Å². The Morgan fingerprint density at radius 2 is 2.00 bits per heavy atom. The summed E-state index contributed by atoms with van der Waals surface area (Å²) in [4.78, 5) is 24.3. The van der Waals surface area contributed by atoms with Crippen LogP contribution >= 0.6 is 0 Å². The Bertz CT molecular complexity index is 353. The minimum Gasteiger partial charge on any atom is -0.465 e. The lowest BCUT2D eigenvalue weighted by Gasteiger charge is -2.24. The lowest BCUT2D eigenvalue weighted by atomic mass is 9.98. The molecular weight excluding hydrogens is 264 g/mol. The van der Waals surface area contributed by atoms with Gasteiger partial charge in [0.15, 0.2) is 0 Å². The summed E-state index contributed by atoms with van der Waals surface area (Å²) >= 11 is 0. The number of aliphatic hydroxyl groups excluding tert-OH is 1. The number of amides is 2. The number of carboxylic acid groups (broad SMARTS) is 1. The summed E-state index contributed by atoms with van der Waals surface area (Å²) < 4.78 is 5.29. The van der Waals surface area contributed by atoms with Gasteiger partial charge in [-0.1, -0.05) is 0 Å². The summed E-state index contributed by atoms with van der Waals surface area (Å²) in [7, 11) is 0. The van der Waals surface area contributed by atoms with Crippen LogP contribution in [0.1, 0.15) is 33.6 Å². The van der Waals surface area contributed by atoms with Crippen molar-refractivity contribution in [2.45, 2.75) is 45.3 Å². The maximum Gasteiger partial charge on any atom is 0.410 e. The number of aliphatic hydroxyl groups is 1. The monoisotopic (exact) mass is 288 g/mol. The number of hydrogen-bond acceptors (Lipinski definition) is 4. The van der Waals surface area contributed by atoms with Crippen LogP contribution in [0, 0.1) is 5.92 Å². The standard InChI is InChI=1S/C13H24N2O5/c1-13(2,3)20-12(19)15-7-9(5-4-6-16)10(8-15)14-11(17)18/h9-10,14,16H,4-8H2,1-3H3,(H,17,18). The van der Waals surface area contributed by atoms with Crippen molar-refractivity contribution in [1.82, 2.24) is 10.2 Å². The normalized spacial score (nSPS) is 22.7. The Morgan fingerprint density at radius 3 is 2.50 bits per heavy atom. The van der Waals surface area contributed by atoms with Gasteiger partial charge in [0.25, 0.3) is 0 Å². The van der Waals surface area contributed by atoms with E-state index in [-0.39, 0.29) is 18.6 Å². The van der Waals surface area contributed by atoms with Gasteiger partial charge in [0, 0.05) is 19.7 Å². The summed E-state index contributed by atoms with van der Waals surface area (Å²) in [6, 6.07) is -0.313. The highest BCUT2D eigenvalue weighted by atomic mass is 16.6. The molecule has 0 saturated carbocycles. The van der Waals surface area contributed by atoms with Crippen molar-refractivity contribution in [2.75, 3.05) is 19.7 Å². The molecule has 0 aliphatic carbocycles. The van der Waals surface area contributed by atoms with Crippen molar-refractivity contribution in [3.8, 4) is 0 Å². The Hall–Kier alpha value is -1.50. The van der Waals surface area contributed by atoms with Gasteiger partial charge < -0.3 is 25.2 Å².